The Balaban J connectivity index is 2.06. The fraction of sp³-hybridized carbons (Fsp3) is 0.200. The summed E-state index contributed by atoms with van der Waals surface area (Å²) in [7, 11) is 4.68. The zero-order valence-corrected chi connectivity index (χ0v) is 13.6. The Kier molecular flexibility index (Phi) is 4.12. The summed E-state index contributed by atoms with van der Waals surface area (Å²) in [5, 5.41) is 11.3. The monoisotopic (exact) mass is 334 g/mol. The Morgan fingerprint density at radius 1 is 1.04 bits per heavy atom. The molecule has 0 aliphatic rings. The molecule has 0 aliphatic carbocycles. The minimum Gasteiger partial charge on any atom is -0.493 e. The minimum absolute atomic E-state index is 0.369. The van der Waals surface area contributed by atoms with E-state index in [-0.39, 0.29) is 0 Å². The minimum atomic E-state index is 0.369. The molecule has 0 spiro atoms. The van der Waals surface area contributed by atoms with Crippen molar-refractivity contribution in [1.29, 1.82) is 0 Å². The molecular formula is C15H15ClN4O3. The van der Waals surface area contributed by atoms with Crippen LogP contribution in [0.15, 0.2) is 24.4 Å². The normalized spacial score (nSPS) is 10.6. The first-order chi connectivity index (χ1) is 11.2. The highest BCUT2D eigenvalue weighted by atomic mass is 35.5. The maximum atomic E-state index is 6.05. The molecule has 7 nitrogen and oxygen atoms in total. The van der Waals surface area contributed by atoms with E-state index >= 15 is 0 Å². The van der Waals surface area contributed by atoms with Gasteiger partial charge in [0.05, 0.1) is 27.5 Å². The van der Waals surface area contributed by atoms with Crippen molar-refractivity contribution in [2.24, 2.45) is 0 Å². The fourth-order valence-electron chi connectivity index (χ4n) is 2.30. The topological polar surface area (TPSA) is 81.3 Å². The Morgan fingerprint density at radius 2 is 1.74 bits per heavy atom. The van der Waals surface area contributed by atoms with Gasteiger partial charge in [-0.3, -0.25) is 5.10 Å². The van der Waals surface area contributed by atoms with Crippen molar-refractivity contribution < 1.29 is 14.2 Å². The summed E-state index contributed by atoms with van der Waals surface area (Å²) in [6, 6.07) is 5.30. The first-order valence-electron chi connectivity index (χ1n) is 6.73. The van der Waals surface area contributed by atoms with Crippen LogP contribution in [0.5, 0.6) is 17.2 Å². The number of anilines is 2. The summed E-state index contributed by atoms with van der Waals surface area (Å²) in [6.07, 6.45) is 1.68. The van der Waals surface area contributed by atoms with E-state index in [4.69, 9.17) is 25.8 Å². The second-order valence-electron chi connectivity index (χ2n) is 4.67. The Hall–Kier alpha value is -2.67. The smallest absolute Gasteiger partial charge is 0.203 e. The average molecular weight is 335 g/mol. The molecule has 0 saturated carbocycles. The molecule has 2 heterocycles. The van der Waals surface area contributed by atoms with Crippen LogP contribution in [0.2, 0.25) is 5.15 Å². The molecule has 0 atom stereocenters. The number of methoxy groups -OCH3 is 3. The lowest BCUT2D eigenvalue weighted by Crippen LogP contribution is -1.99. The first kappa shape index (κ1) is 15.2. The summed E-state index contributed by atoms with van der Waals surface area (Å²) in [4.78, 5) is 4.29. The highest BCUT2D eigenvalue weighted by molar-refractivity contribution is 6.30. The second-order valence-corrected chi connectivity index (χ2v) is 5.05. The van der Waals surface area contributed by atoms with Crippen LogP contribution >= 0.6 is 11.6 Å². The number of fused-ring (bicyclic) bond motifs is 1. The van der Waals surface area contributed by atoms with Crippen molar-refractivity contribution in [2.45, 2.75) is 0 Å². The number of rotatable bonds is 5. The summed E-state index contributed by atoms with van der Waals surface area (Å²) in [6.45, 7) is 0. The number of H-pyrrole nitrogens is 1. The van der Waals surface area contributed by atoms with E-state index in [0.717, 1.165) is 10.9 Å². The maximum Gasteiger partial charge on any atom is 0.203 e. The molecule has 0 aliphatic heterocycles. The van der Waals surface area contributed by atoms with E-state index in [1.54, 1.807) is 45.7 Å². The van der Waals surface area contributed by atoms with Crippen LogP contribution in [-0.2, 0) is 0 Å². The van der Waals surface area contributed by atoms with Crippen molar-refractivity contribution in [2.75, 3.05) is 26.6 Å². The number of hydrogen-bond acceptors (Lipinski definition) is 6. The SMILES string of the molecule is COc1cc(Nc2nc(Cl)cc3cn[nH]c23)cc(OC)c1OC. The highest BCUT2D eigenvalue weighted by Crippen LogP contribution is 2.40. The van der Waals surface area contributed by atoms with Gasteiger partial charge >= 0.3 is 0 Å². The Bertz CT molecular complexity index is 825. The third-order valence-corrected chi connectivity index (χ3v) is 3.52. The molecule has 3 rings (SSSR count). The third-order valence-electron chi connectivity index (χ3n) is 3.33. The standard InChI is InChI=1S/C15H15ClN4O3/c1-21-10-5-9(6-11(22-2)14(10)23-3)18-15-13-8(7-17-20-13)4-12(16)19-15/h4-7H,1-3H3,(H,17,20)(H,18,19). The number of nitrogens with one attached hydrogen (secondary N) is 2. The van der Waals surface area contributed by atoms with E-state index < -0.39 is 0 Å². The lowest BCUT2D eigenvalue weighted by atomic mass is 10.2. The number of pyridine rings is 1. The number of ether oxygens (including phenoxy) is 3. The lowest BCUT2D eigenvalue weighted by molar-refractivity contribution is 0.324. The first-order valence-corrected chi connectivity index (χ1v) is 7.10. The van der Waals surface area contributed by atoms with Crippen LogP contribution in [0.3, 0.4) is 0 Å². The quantitative estimate of drug-likeness (QED) is 0.696. The third kappa shape index (κ3) is 2.83. The van der Waals surface area contributed by atoms with Gasteiger partial charge in [-0.15, -0.1) is 0 Å². The Morgan fingerprint density at radius 3 is 2.35 bits per heavy atom. The van der Waals surface area contributed by atoms with E-state index in [1.165, 1.54) is 0 Å². The largest absolute Gasteiger partial charge is 0.493 e. The summed E-state index contributed by atoms with van der Waals surface area (Å²) >= 11 is 6.05. The van der Waals surface area contributed by atoms with Gasteiger partial charge in [0.2, 0.25) is 5.75 Å². The van der Waals surface area contributed by atoms with E-state index in [1.807, 2.05) is 0 Å². The molecule has 0 bridgehead atoms. The summed E-state index contributed by atoms with van der Waals surface area (Å²) in [5.41, 5.74) is 1.47. The summed E-state index contributed by atoms with van der Waals surface area (Å²) < 4.78 is 16.0. The highest BCUT2D eigenvalue weighted by Gasteiger charge is 2.15. The Labute approximate surface area is 137 Å². The fourth-order valence-corrected chi connectivity index (χ4v) is 2.50. The molecule has 0 amide bonds. The average Bonchev–Trinajstić information content (AvgIpc) is 3.02. The van der Waals surface area contributed by atoms with Gasteiger partial charge in [0.1, 0.15) is 10.7 Å². The molecule has 2 N–H and O–H groups in total. The number of aromatic nitrogens is 3. The molecule has 23 heavy (non-hydrogen) atoms. The molecule has 2 aromatic heterocycles. The molecule has 120 valence electrons. The van der Waals surface area contributed by atoms with Crippen molar-refractivity contribution in [3.8, 4) is 17.2 Å². The predicted molar refractivity (Wildman–Crippen MR) is 88.3 cm³/mol. The van der Waals surface area contributed by atoms with Gasteiger partial charge in [0, 0.05) is 23.2 Å². The van der Waals surface area contributed by atoms with Gasteiger partial charge < -0.3 is 19.5 Å². The molecule has 0 radical (unpaired) electrons. The predicted octanol–water partition coefficient (Wildman–Crippen LogP) is 3.38. The van der Waals surface area contributed by atoms with Gasteiger partial charge in [0.25, 0.3) is 0 Å². The van der Waals surface area contributed by atoms with Crippen LogP contribution in [0.1, 0.15) is 0 Å². The van der Waals surface area contributed by atoms with Crippen LogP contribution in [0, 0.1) is 0 Å². The molecule has 3 aromatic rings. The number of nitrogens with zero attached hydrogens (tertiary/aromatic N) is 2. The van der Waals surface area contributed by atoms with Gasteiger partial charge in [0.15, 0.2) is 17.3 Å². The number of benzene rings is 1. The molecule has 8 heteroatoms. The number of aromatic amines is 1. The van der Waals surface area contributed by atoms with E-state index in [2.05, 4.69) is 20.5 Å². The second kappa shape index (κ2) is 6.21. The van der Waals surface area contributed by atoms with E-state index in [0.29, 0.717) is 33.9 Å². The maximum absolute atomic E-state index is 6.05. The molecule has 0 fully saturated rings. The van der Waals surface area contributed by atoms with Crippen molar-refractivity contribution in [1.82, 2.24) is 15.2 Å². The zero-order valence-electron chi connectivity index (χ0n) is 12.8. The van der Waals surface area contributed by atoms with Gasteiger partial charge in [-0.2, -0.15) is 5.10 Å². The molecular weight excluding hydrogens is 320 g/mol. The summed E-state index contributed by atoms with van der Waals surface area (Å²) in [5.74, 6) is 2.15. The van der Waals surface area contributed by atoms with Crippen LogP contribution in [-0.4, -0.2) is 36.5 Å². The van der Waals surface area contributed by atoms with Crippen molar-refractivity contribution in [3.63, 3.8) is 0 Å². The van der Waals surface area contributed by atoms with Crippen LogP contribution in [0.25, 0.3) is 10.9 Å². The molecule has 0 unspecified atom stereocenters. The van der Waals surface area contributed by atoms with Crippen molar-refractivity contribution >= 4 is 34.0 Å². The van der Waals surface area contributed by atoms with Crippen molar-refractivity contribution in [3.05, 3.63) is 29.5 Å². The number of hydrogen-bond donors (Lipinski definition) is 2. The van der Waals surface area contributed by atoms with Gasteiger partial charge in [-0.25, -0.2) is 4.98 Å². The van der Waals surface area contributed by atoms with Gasteiger partial charge in [-0.05, 0) is 6.07 Å². The van der Waals surface area contributed by atoms with Gasteiger partial charge in [-0.1, -0.05) is 11.6 Å². The number of halogens is 1. The van der Waals surface area contributed by atoms with E-state index in [9.17, 15) is 0 Å². The molecule has 0 saturated heterocycles. The lowest BCUT2D eigenvalue weighted by Gasteiger charge is -2.15. The van der Waals surface area contributed by atoms with Crippen LogP contribution in [0.4, 0.5) is 11.5 Å². The molecule has 1 aromatic carbocycles. The zero-order chi connectivity index (χ0) is 16.4. The van der Waals surface area contributed by atoms with Crippen LogP contribution < -0.4 is 19.5 Å².